The molecule has 2 N–H and O–H groups in total. The van der Waals surface area contributed by atoms with Crippen molar-refractivity contribution < 1.29 is 4.79 Å². The largest absolute Gasteiger partial charge is 0.340 e. The number of nitrogens with zero attached hydrogens (tertiary/aromatic N) is 3. The zero-order valence-corrected chi connectivity index (χ0v) is 15.8. The van der Waals surface area contributed by atoms with Crippen molar-refractivity contribution in [3.05, 3.63) is 35.9 Å². The average molecular weight is 345 g/mol. The molecule has 0 saturated carbocycles. The number of carbonyl (C=O) groups excluding carboxylic acids is 1. The van der Waals surface area contributed by atoms with E-state index in [9.17, 15) is 4.79 Å². The number of benzene rings is 1. The van der Waals surface area contributed by atoms with Gasteiger partial charge < -0.3 is 15.5 Å². The van der Waals surface area contributed by atoms with Gasteiger partial charge in [-0.25, -0.2) is 0 Å². The second-order valence-electron chi connectivity index (χ2n) is 8.30. The van der Waals surface area contributed by atoms with E-state index in [1.54, 1.807) is 0 Å². The van der Waals surface area contributed by atoms with Gasteiger partial charge in [-0.1, -0.05) is 44.2 Å². The van der Waals surface area contributed by atoms with Gasteiger partial charge in [-0.15, -0.1) is 0 Å². The molecule has 2 saturated heterocycles. The minimum atomic E-state index is -0.181. The number of hydrogen-bond donors (Lipinski definition) is 1. The Balaban J connectivity index is 1.83. The fourth-order valence-corrected chi connectivity index (χ4v) is 3.96. The van der Waals surface area contributed by atoms with E-state index < -0.39 is 0 Å². The molecule has 1 amide bonds. The third-order valence-corrected chi connectivity index (χ3v) is 5.88. The number of amides is 1. The molecule has 2 unspecified atom stereocenters. The van der Waals surface area contributed by atoms with Gasteiger partial charge in [-0.05, 0) is 24.4 Å². The zero-order valence-electron chi connectivity index (χ0n) is 15.8. The second kappa shape index (κ2) is 7.44. The lowest BCUT2D eigenvalue weighted by molar-refractivity contribution is -0.141. The van der Waals surface area contributed by atoms with Crippen LogP contribution in [0.3, 0.4) is 0 Å². The molecule has 0 radical (unpaired) electrons. The molecule has 2 aliphatic heterocycles. The van der Waals surface area contributed by atoms with Crippen LogP contribution in [0, 0.1) is 5.41 Å². The van der Waals surface area contributed by atoms with Crippen LogP contribution >= 0.6 is 0 Å². The predicted molar refractivity (Wildman–Crippen MR) is 101 cm³/mol. The van der Waals surface area contributed by atoms with Gasteiger partial charge >= 0.3 is 0 Å². The van der Waals surface area contributed by atoms with Gasteiger partial charge in [0.25, 0.3) is 0 Å². The van der Waals surface area contributed by atoms with E-state index >= 15 is 0 Å². The highest BCUT2D eigenvalue weighted by atomic mass is 16.2. The zero-order chi connectivity index (χ0) is 18.0. The summed E-state index contributed by atoms with van der Waals surface area (Å²) in [5.41, 5.74) is 7.34. The third kappa shape index (κ3) is 4.05. The van der Waals surface area contributed by atoms with Crippen molar-refractivity contribution in [3.8, 4) is 0 Å². The van der Waals surface area contributed by atoms with Crippen molar-refractivity contribution in [2.24, 2.45) is 11.1 Å². The molecule has 0 spiro atoms. The monoisotopic (exact) mass is 344 g/mol. The Morgan fingerprint density at radius 2 is 1.76 bits per heavy atom. The quantitative estimate of drug-likeness (QED) is 0.904. The molecule has 2 fully saturated rings. The normalized spacial score (nSPS) is 26.4. The number of rotatable bonds is 3. The Kier molecular flexibility index (Phi) is 5.46. The van der Waals surface area contributed by atoms with Crippen molar-refractivity contribution >= 4 is 5.91 Å². The summed E-state index contributed by atoms with van der Waals surface area (Å²) < 4.78 is 0. The molecule has 1 aromatic carbocycles. The van der Waals surface area contributed by atoms with E-state index in [0.29, 0.717) is 0 Å². The minimum Gasteiger partial charge on any atom is -0.340 e. The van der Waals surface area contributed by atoms with E-state index in [-0.39, 0.29) is 23.4 Å². The van der Waals surface area contributed by atoms with Crippen LogP contribution in [-0.2, 0) is 4.79 Å². The first kappa shape index (κ1) is 18.4. The average Bonchev–Trinajstić information content (AvgIpc) is 2.60. The lowest BCUT2D eigenvalue weighted by atomic mass is 9.79. The first-order valence-electron chi connectivity index (χ1n) is 9.40. The summed E-state index contributed by atoms with van der Waals surface area (Å²) in [6.45, 7) is 9.72. The molecular weight excluding hydrogens is 312 g/mol. The lowest BCUT2D eigenvalue weighted by Gasteiger charge is -2.45. The van der Waals surface area contributed by atoms with E-state index in [0.717, 1.165) is 51.3 Å². The highest BCUT2D eigenvalue weighted by Gasteiger charge is 2.39. The van der Waals surface area contributed by atoms with Crippen molar-refractivity contribution in [1.82, 2.24) is 14.7 Å². The van der Waals surface area contributed by atoms with Crippen LogP contribution in [0.25, 0.3) is 0 Å². The summed E-state index contributed by atoms with van der Waals surface area (Å²) in [5.74, 6) is 0.232. The molecule has 25 heavy (non-hydrogen) atoms. The van der Waals surface area contributed by atoms with Crippen molar-refractivity contribution in [2.75, 3.05) is 46.3 Å². The Bertz CT molecular complexity index is 581. The summed E-state index contributed by atoms with van der Waals surface area (Å²) in [7, 11) is 2.14. The summed E-state index contributed by atoms with van der Waals surface area (Å²) in [4.78, 5) is 20.2. The molecular formula is C20H32N4O. The highest BCUT2D eigenvalue weighted by molar-refractivity contribution is 5.83. The number of carbonyl (C=O) groups is 1. The number of likely N-dealkylation sites (tertiary alicyclic amines) is 1. The third-order valence-electron chi connectivity index (χ3n) is 5.88. The maximum absolute atomic E-state index is 13.5. The second-order valence-corrected chi connectivity index (χ2v) is 8.30. The van der Waals surface area contributed by atoms with Crippen LogP contribution in [0.1, 0.15) is 31.9 Å². The molecule has 0 aliphatic carbocycles. The molecule has 2 aliphatic rings. The van der Waals surface area contributed by atoms with Crippen molar-refractivity contribution in [2.45, 2.75) is 32.4 Å². The maximum Gasteiger partial charge on any atom is 0.244 e. The Labute approximate surface area is 151 Å². The minimum absolute atomic E-state index is 0.0305. The van der Waals surface area contributed by atoms with Gasteiger partial charge in [0.05, 0.1) is 0 Å². The first-order chi connectivity index (χ1) is 11.9. The van der Waals surface area contributed by atoms with Gasteiger partial charge in [0.15, 0.2) is 0 Å². The number of nitrogens with two attached hydrogens (primary N) is 1. The molecule has 0 bridgehead atoms. The Morgan fingerprint density at radius 3 is 2.36 bits per heavy atom. The van der Waals surface area contributed by atoms with Crippen LogP contribution < -0.4 is 5.73 Å². The fourth-order valence-electron chi connectivity index (χ4n) is 3.96. The summed E-state index contributed by atoms with van der Waals surface area (Å²) >= 11 is 0. The van der Waals surface area contributed by atoms with Gasteiger partial charge in [0.2, 0.25) is 5.91 Å². The molecule has 2 atom stereocenters. The molecule has 0 aromatic heterocycles. The number of piperazine rings is 1. The molecule has 3 rings (SSSR count). The van der Waals surface area contributed by atoms with Crippen LogP contribution in [0.15, 0.2) is 30.3 Å². The Hall–Kier alpha value is -1.43. The summed E-state index contributed by atoms with van der Waals surface area (Å²) in [5, 5.41) is 0. The lowest BCUT2D eigenvalue weighted by Crippen LogP contribution is -2.57. The van der Waals surface area contributed by atoms with E-state index in [2.05, 4.69) is 42.8 Å². The molecule has 2 heterocycles. The number of piperidine rings is 1. The van der Waals surface area contributed by atoms with Gasteiger partial charge in [-0.3, -0.25) is 9.69 Å². The van der Waals surface area contributed by atoms with Gasteiger partial charge in [-0.2, -0.15) is 0 Å². The Morgan fingerprint density at radius 1 is 1.12 bits per heavy atom. The van der Waals surface area contributed by atoms with E-state index in [4.69, 9.17) is 5.73 Å². The van der Waals surface area contributed by atoms with Crippen molar-refractivity contribution in [1.29, 1.82) is 0 Å². The number of hydrogen-bond acceptors (Lipinski definition) is 4. The molecule has 5 nitrogen and oxygen atoms in total. The van der Waals surface area contributed by atoms with Crippen LogP contribution in [0.5, 0.6) is 0 Å². The predicted octanol–water partition coefficient (Wildman–Crippen LogP) is 1.56. The molecule has 138 valence electrons. The summed E-state index contributed by atoms with van der Waals surface area (Å²) in [6.07, 6.45) is 0.878. The van der Waals surface area contributed by atoms with Gasteiger partial charge in [0.1, 0.15) is 6.04 Å². The van der Waals surface area contributed by atoms with Crippen LogP contribution in [0.2, 0.25) is 0 Å². The topological polar surface area (TPSA) is 52.8 Å². The standard InChI is InChI=1S/C20H32N4O/c1-20(2)15-24(10-9-17(20)21)19(25)18(16-7-5-4-6-8-16)23-13-11-22(3)12-14-23/h4-8,17-18H,9-15,21H2,1-3H3. The first-order valence-corrected chi connectivity index (χ1v) is 9.40. The van der Waals surface area contributed by atoms with E-state index in [1.165, 1.54) is 0 Å². The molecule has 1 aromatic rings. The fraction of sp³-hybridized carbons (Fsp3) is 0.650. The van der Waals surface area contributed by atoms with E-state index in [1.807, 2.05) is 23.1 Å². The van der Waals surface area contributed by atoms with Crippen LogP contribution in [-0.4, -0.2) is 73.0 Å². The van der Waals surface area contributed by atoms with Gasteiger partial charge in [0, 0.05) is 45.3 Å². The summed E-state index contributed by atoms with van der Waals surface area (Å²) in [6, 6.07) is 10.2. The molecule has 5 heteroatoms. The SMILES string of the molecule is CN1CCN(C(C(=O)N2CCC(N)C(C)(C)C2)c2ccccc2)CC1. The number of likely N-dealkylation sites (N-methyl/N-ethyl adjacent to an activating group) is 1. The highest BCUT2D eigenvalue weighted by Crippen LogP contribution is 2.31. The van der Waals surface area contributed by atoms with Crippen LogP contribution in [0.4, 0.5) is 0 Å². The maximum atomic E-state index is 13.5. The smallest absolute Gasteiger partial charge is 0.244 e. The van der Waals surface area contributed by atoms with Crippen molar-refractivity contribution in [3.63, 3.8) is 0 Å².